The second kappa shape index (κ2) is 11.8. The molecule has 0 atom stereocenters. The van der Waals surface area contributed by atoms with Crippen LogP contribution in [0.2, 0.25) is 0 Å². The first-order valence-corrected chi connectivity index (χ1v) is 18.3. The molecule has 0 aliphatic rings. The second-order valence-corrected chi connectivity index (χ2v) is 14.0. The largest absolute Gasteiger partial charge is 0.309 e. The second-order valence-electron chi connectivity index (χ2n) is 14.0. The van der Waals surface area contributed by atoms with E-state index in [-0.39, 0.29) is 0 Å². The van der Waals surface area contributed by atoms with Crippen LogP contribution in [0.5, 0.6) is 0 Å². The molecule has 0 fully saturated rings. The van der Waals surface area contributed by atoms with E-state index in [1.807, 2.05) is 36.4 Å². The third kappa shape index (κ3) is 4.39. The van der Waals surface area contributed by atoms with Crippen molar-refractivity contribution in [3.8, 4) is 40.3 Å². The molecule has 0 bridgehead atoms. The van der Waals surface area contributed by atoms with Crippen molar-refractivity contribution in [2.24, 2.45) is 0 Å². The van der Waals surface area contributed by atoms with Crippen molar-refractivity contribution >= 4 is 65.4 Å². The normalized spacial score (nSPS) is 11.6. The van der Waals surface area contributed by atoms with Crippen LogP contribution in [0.3, 0.4) is 0 Å². The molecule has 0 saturated carbocycles. The standard InChI is InChI=1S/C50H29N5/c51-30-33-11-9-17-37(49(33)55-47-22-8-3-15-40(47)42-18-10-12-34(31-52)50(42)55)32-23-25-35(26-24-32)53-46-21-7-4-16-41(46)43-29-36(27-28-48(43)53)54-44-19-5-1-13-38(44)39-14-2-6-20-45(39)54/h1-29H. The molecule has 254 valence electrons. The van der Waals surface area contributed by atoms with Gasteiger partial charge in [0, 0.05) is 49.3 Å². The number of hydrogen-bond donors (Lipinski definition) is 0. The zero-order chi connectivity index (χ0) is 36.6. The Labute approximate surface area is 316 Å². The van der Waals surface area contributed by atoms with Crippen LogP contribution >= 0.6 is 0 Å². The number of nitriles is 2. The number of fused-ring (bicyclic) bond motifs is 9. The summed E-state index contributed by atoms with van der Waals surface area (Å²) in [6.45, 7) is 0. The van der Waals surface area contributed by atoms with Crippen LogP contribution in [0.4, 0.5) is 0 Å². The molecule has 0 spiro atoms. The minimum atomic E-state index is 0.540. The quantitative estimate of drug-likeness (QED) is 0.184. The molecule has 0 aliphatic carbocycles. The molecule has 5 nitrogen and oxygen atoms in total. The summed E-state index contributed by atoms with van der Waals surface area (Å²) < 4.78 is 6.81. The molecule has 0 unspecified atom stereocenters. The van der Waals surface area contributed by atoms with E-state index in [1.165, 1.54) is 32.6 Å². The molecule has 0 amide bonds. The van der Waals surface area contributed by atoms with Crippen LogP contribution in [-0.4, -0.2) is 13.7 Å². The van der Waals surface area contributed by atoms with Crippen molar-refractivity contribution in [2.75, 3.05) is 0 Å². The Morgan fingerprint density at radius 3 is 1.42 bits per heavy atom. The van der Waals surface area contributed by atoms with E-state index in [4.69, 9.17) is 0 Å². The fraction of sp³-hybridized carbons (Fsp3) is 0. The van der Waals surface area contributed by atoms with Gasteiger partial charge in [-0.1, -0.05) is 109 Å². The molecule has 0 saturated heterocycles. The minimum absolute atomic E-state index is 0.540. The summed E-state index contributed by atoms with van der Waals surface area (Å²) in [6, 6.07) is 66.0. The fourth-order valence-corrected chi connectivity index (χ4v) is 8.82. The Morgan fingerprint density at radius 2 is 0.800 bits per heavy atom. The highest BCUT2D eigenvalue weighted by Crippen LogP contribution is 2.41. The van der Waals surface area contributed by atoms with Crippen molar-refractivity contribution in [3.05, 3.63) is 187 Å². The van der Waals surface area contributed by atoms with Gasteiger partial charge in [-0.05, 0) is 72.3 Å². The van der Waals surface area contributed by atoms with Gasteiger partial charge in [-0.15, -0.1) is 0 Å². The van der Waals surface area contributed by atoms with E-state index in [0.29, 0.717) is 11.1 Å². The van der Waals surface area contributed by atoms with Crippen LogP contribution in [0.25, 0.3) is 93.6 Å². The van der Waals surface area contributed by atoms with Crippen LogP contribution < -0.4 is 0 Å². The molecule has 11 aromatic rings. The minimum Gasteiger partial charge on any atom is -0.309 e. The lowest BCUT2D eigenvalue weighted by Gasteiger charge is -2.17. The summed E-state index contributed by atoms with van der Waals surface area (Å²) in [5, 5.41) is 27.6. The maximum atomic E-state index is 10.5. The zero-order valence-electron chi connectivity index (χ0n) is 29.5. The molecule has 55 heavy (non-hydrogen) atoms. The third-order valence-corrected chi connectivity index (χ3v) is 11.1. The van der Waals surface area contributed by atoms with Crippen molar-refractivity contribution in [2.45, 2.75) is 0 Å². The lowest BCUT2D eigenvalue weighted by molar-refractivity contribution is 1.16. The van der Waals surface area contributed by atoms with Gasteiger partial charge < -0.3 is 13.7 Å². The Kier molecular flexibility index (Phi) is 6.61. The Hall–Kier alpha value is -7.86. The first-order valence-electron chi connectivity index (χ1n) is 18.3. The molecule has 0 N–H and O–H groups in total. The van der Waals surface area contributed by atoms with E-state index >= 15 is 0 Å². The van der Waals surface area contributed by atoms with Gasteiger partial charge in [-0.2, -0.15) is 10.5 Å². The summed E-state index contributed by atoms with van der Waals surface area (Å²) in [4.78, 5) is 0. The van der Waals surface area contributed by atoms with Crippen molar-refractivity contribution in [1.29, 1.82) is 10.5 Å². The van der Waals surface area contributed by atoms with E-state index < -0.39 is 0 Å². The fourth-order valence-electron chi connectivity index (χ4n) is 8.82. The molecular weight excluding hydrogens is 671 g/mol. The summed E-state index contributed by atoms with van der Waals surface area (Å²) in [5.74, 6) is 0. The van der Waals surface area contributed by atoms with Crippen LogP contribution in [0, 0.1) is 22.7 Å². The van der Waals surface area contributed by atoms with Gasteiger partial charge in [0.05, 0.1) is 49.9 Å². The molecule has 11 rings (SSSR count). The average molecular weight is 700 g/mol. The van der Waals surface area contributed by atoms with Gasteiger partial charge >= 0.3 is 0 Å². The predicted molar refractivity (Wildman–Crippen MR) is 224 cm³/mol. The summed E-state index contributed by atoms with van der Waals surface area (Å²) in [5.41, 5.74) is 12.3. The molecular formula is C50H29N5. The number of para-hydroxylation sites is 6. The van der Waals surface area contributed by atoms with Gasteiger partial charge in [0.2, 0.25) is 0 Å². The van der Waals surface area contributed by atoms with Gasteiger partial charge in [0.15, 0.2) is 0 Å². The van der Waals surface area contributed by atoms with Gasteiger partial charge in [0.25, 0.3) is 0 Å². The highest BCUT2D eigenvalue weighted by molar-refractivity contribution is 6.13. The van der Waals surface area contributed by atoms with E-state index in [9.17, 15) is 10.5 Å². The zero-order valence-corrected chi connectivity index (χ0v) is 29.5. The predicted octanol–water partition coefficient (Wildman–Crippen LogP) is 12.4. The SMILES string of the molecule is N#Cc1cccc(-c2ccc(-n3c4ccccc4c4cc(-n5c6ccccc6c6ccccc65)ccc43)cc2)c1-n1c2ccccc2c2cccc(C#N)c21. The monoisotopic (exact) mass is 699 g/mol. The van der Waals surface area contributed by atoms with Gasteiger partial charge in [0.1, 0.15) is 12.1 Å². The Balaban J connectivity index is 1.09. The number of benzene rings is 8. The summed E-state index contributed by atoms with van der Waals surface area (Å²) >= 11 is 0. The Bertz CT molecular complexity index is 3400. The molecule has 8 aromatic carbocycles. The lowest BCUT2D eigenvalue weighted by atomic mass is 9.99. The first kappa shape index (κ1) is 30.7. The third-order valence-electron chi connectivity index (χ3n) is 11.1. The topological polar surface area (TPSA) is 62.4 Å². The van der Waals surface area contributed by atoms with Crippen LogP contribution in [-0.2, 0) is 0 Å². The average Bonchev–Trinajstić information content (AvgIpc) is 3.89. The molecule has 0 aliphatic heterocycles. The number of rotatable bonds is 4. The molecule has 5 heteroatoms. The van der Waals surface area contributed by atoms with Crippen molar-refractivity contribution < 1.29 is 0 Å². The van der Waals surface area contributed by atoms with Crippen molar-refractivity contribution in [3.63, 3.8) is 0 Å². The van der Waals surface area contributed by atoms with E-state index in [2.05, 4.69) is 165 Å². The maximum Gasteiger partial charge on any atom is 0.101 e. The maximum absolute atomic E-state index is 10.5. The molecule has 0 radical (unpaired) electrons. The summed E-state index contributed by atoms with van der Waals surface area (Å²) in [6.07, 6.45) is 0. The first-order chi connectivity index (χ1) is 27.2. The smallest absolute Gasteiger partial charge is 0.101 e. The van der Waals surface area contributed by atoms with Crippen LogP contribution in [0.15, 0.2) is 176 Å². The highest BCUT2D eigenvalue weighted by Gasteiger charge is 2.21. The van der Waals surface area contributed by atoms with E-state index in [0.717, 1.165) is 61.0 Å². The van der Waals surface area contributed by atoms with E-state index in [1.54, 1.807) is 0 Å². The number of nitrogens with zero attached hydrogens (tertiary/aromatic N) is 5. The van der Waals surface area contributed by atoms with Crippen LogP contribution in [0.1, 0.15) is 11.1 Å². The lowest BCUT2D eigenvalue weighted by Crippen LogP contribution is -2.02. The van der Waals surface area contributed by atoms with Crippen molar-refractivity contribution in [1.82, 2.24) is 13.7 Å². The number of hydrogen-bond acceptors (Lipinski definition) is 2. The summed E-state index contributed by atoms with van der Waals surface area (Å²) in [7, 11) is 0. The highest BCUT2D eigenvalue weighted by atomic mass is 15.0. The van der Waals surface area contributed by atoms with Gasteiger partial charge in [-0.25, -0.2) is 0 Å². The van der Waals surface area contributed by atoms with Gasteiger partial charge in [-0.3, -0.25) is 0 Å². The Morgan fingerprint density at radius 1 is 0.345 bits per heavy atom. The number of aromatic nitrogens is 3. The molecule has 3 heterocycles. The molecule has 3 aromatic heterocycles.